The van der Waals surface area contributed by atoms with E-state index in [4.69, 9.17) is 9.84 Å². The minimum atomic E-state index is -0.961. The second-order valence-corrected chi connectivity index (χ2v) is 7.59. The molecule has 0 aromatic heterocycles. The summed E-state index contributed by atoms with van der Waals surface area (Å²) in [7, 11) is 0. The summed E-state index contributed by atoms with van der Waals surface area (Å²) in [6.07, 6.45) is -1.44. The minimum absolute atomic E-state index is 0.220. The molecule has 1 aromatic rings. The Hall–Kier alpha value is -2.97. The quantitative estimate of drug-likeness (QED) is 0.728. The van der Waals surface area contributed by atoms with Gasteiger partial charge in [0.25, 0.3) is 0 Å². The van der Waals surface area contributed by atoms with Crippen molar-refractivity contribution >= 4 is 18.2 Å². The van der Waals surface area contributed by atoms with Gasteiger partial charge in [0, 0.05) is 39.3 Å². The first-order valence-electron chi connectivity index (χ1n) is 9.19. The first kappa shape index (κ1) is 21.3. The molecule has 1 fully saturated rings. The standard InChI is InChI=1S/C19H28N4O5/c1-19(2,3)28-17(25)21-13-15-6-4-5-14(11-15)12-20-16(24)22-7-9-23(10-8-22)18(26)27/h4-6,11H,7-10,12-13H2,1-3H3,(H,20,24)(H,21,25)(H,26,27). The molecule has 1 saturated heterocycles. The van der Waals surface area contributed by atoms with Crippen molar-refractivity contribution in [2.24, 2.45) is 0 Å². The topological polar surface area (TPSA) is 111 Å². The third-order valence-corrected chi connectivity index (χ3v) is 4.11. The maximum atomic E-state index is 12.3. The Morgan fingerprint density at radius 3 is 2.07 bits per heavy atom. The lowest BCUT2D eigenvalue weighted by atomic mass is 10.1. The van der Waals surface area contributed by atoms with Gasteiger partial charge in [-0.3, -0.25) is 0 Å². The molecule has 9 nitrogen and oxygen atoms in total. The van der Waals surface area contributed by atoms with Crippen molar-refractivity contribution in [3.05, 3.63) is 35.4 Å². The van der Waals surface area contributed by atoms with E-state index in [0.717, 1.165) is 11.1 Å². The summed E-state index contributed by atoms with van der Waals surface area (Å²) in [6, 6.07) is 7.31. The monoisotopic (exact) mass is 392 g/mol. The predicted octanol–water partition coefficient (Wildman–Crippen LogP) is 2.22. The van der Waals surface area contributed by atoms with Crippen LogP contribution in [0.4, 0.5) is 14.4 Å². The average Bonchev–Trinajstić information content (AvgIpc) is 2.63. The third-order valence-electron chi connectivity index (χ3n) is 4.11. The highest BCUT2D eigenvalue weighted by atomic mass is 16.6. The fourth-order valence-corrected chi connectivity index (χ4v) is 2.73. The summed E-state index contributed by atoms with van der Waals surface area (Å²) in [6.45, 7) is 7.46. The highest BCUT2D eigenvalue weighted by molar-refractivity contribution is 5.74. The van der Waals surface area contributed by atoms with Gasteiger partial charge in [-0.1, -0.05) is 24.3 Å². The lowest BCUT2D eigenvalue weighted by Gasteiger charge is -2.33. The fraction of sp³-hybridized carbons (Fsp3) is 0.526. The second-order valence-electron chi connectivity index (χ2n) is 7.59. The number of amides is 4. The van der Waals surface area contributed by atoms with Crippen LogP contribution in [0.5, 0.6) is 0 Å². The fourth-order valence-electron chi connectivity index (χ4n) is 2.73. The van der Waals surface area contributed by atoms with Gasteiger partial charge in [-0.05, 0) is 31.9 Å². The Balaban J connectivity index is 1.79. The number of urea groups is 1. The smallest absolute Gasteiger partial charge is 0.407 e. The van der Waals surface area contributed by atoms with Crippen molar-refractivity contribution in [3.63, 3.8) is 0 Å². The van der Waals surface area contributed by atoms with E-state index in [1.54, 1.807) is 25.7 Å². The van der Waals surface area contributed by atoms with E-state index in [9.17, 15) is 14.4 Å². The van der Waals surface area contributed by atoms with Gasteiger partial charge in [0.05, 0.1) is 0 Å². The number of carbonyl (C=O) groups is 3. The van der Waals surface area contributed by atoms with Crippen molar-refractivity contribution in [2.45, 2.75) is 39.5 Å². The van der Waals surface area contributed by atoms with Crippen LogP contribution >= 0.6 is 0 Å². The van der Waals surface area contributed by atoms with E-state index < -0.39 is 17.8 Å². The number of benzene rings is 1. The Morgan fingerprint density at radius 1 is 1.00 bits per heavy atom. The molecule has 0 radical (unpaired) electrons. The summed E-state index contributed by atoms with van der Waals surface area (Å²) in [5.41, 5.74) is 1.25. The zero-order valence-electron chi connectivity index (χ0n) is 16.5. The maximum Gasteiger partial charge on any atom is 0.407 e. The van der Waals surface area contributed by atoms with Crippen LogP contribution in [-0.2, 0) is 17.8 Å². The van der Waals surface area contributed by atoms with Crippen LogP contribution in [0.3, 0.4) is 0 Å². The van der Waals surface area contributed by atoms with Crippen LogP contribution in [0.25, 0.3) is 0 Å². The van der Waals surface area contributed by atoms with E-state index in [0.29, 0.717) is 39.3 Å². The van der Waals surface area contributed by atoms with Gasteiger partial charge in [-0.25, -0.2) is 14.4 Å². The lowest BCUT2D eigenvalue weighted by Crippen LogP contribution is -2.52. The maximum absolute atomic E-state index is 12.3. The van der Waals surface area contributed by atoms with Crippen molar-refractivity contribution in [1.29, 1.82) is 0 Å². The zero-order chi connectivity index (χ0) is 20.7. The SMILES string of the molecule is CC(C)(C)OC(=O)NCc1cccc(CNC(=O)N2CCN(C(=O)O)CC2)c1. The van der Waals surface area contributed by atoms with E-state index in [-0.39, 0.29) is 6.03 Å². The number of alkyl carbamates (subject to hydrolysis) is 1. The average molecular weight is 392 g/mol. The van der Waals surface area contributed by atoms with Crippen molar-refractivity contribution in [3.8, 4) is 0 Å². The van der Waals surface area contributed by atoms with Crippen LogP contribution in [-0.4, -0.2) is 64.9 Å². The molecule has 0 unspecified atom stereocenters. The zero-order valence-corrected chi connectivity index (χ0v) is 16.5. The van der Waals surface area contributed by atoms with E-state index >= 15 is 0 Å². The van der Waals surface area contributed by atoms with Gasteiger partial charge in [0.15, 0.2) is 0 Å². The second kappa shape index (κ2) is 9.29. The number of nitrogens with zero attached hydrogens (tertiary/aromatic N) is 2. The predicted molar refractivity (Wildman–Crippen MR) is 103 cm³/mol. The normalized spacial score (nSPS) is 14.4. The number of hydrogen-bond acceptors (Lipinski definition) is 4. The molecule has 0 saturated carbocycles. The van der Waals surface area contributed by atoms with Gasteiger partial charge >= 0.3 is 18.2 Å². The van der Waals surface area contributed by atoms with Gasteiger partial charge in [0.2, 0.25) is 0 Å². The Kier molecular flexibility index (Phi) is 7.08. The molecule has 28 heavy (non-hydrogen) atoms. The molecule has 1 aliphatic heterocycles. The number of ether oxygens (including phenoxy) is 1. The largest absolute Gasteiger partial charge is 0.465 e. The molecule has 2 rings (SSSR count). The minimum Gasteiger partial charge on any atom is -0.465 e. The number of rotatable bonds is 4. The van der Waals surface area contributed by atoms with Gasteiger partial charge in [0.1, 0.15) is 5.60 Å². The highest BCUT2D eigenvalue weighted by Crippen LogP contribution is 2.09. The summed E-state index contributed by atoms with van der Waals surface area (Å²) in [5, 5.41) is 14.5. The number of carboxylic acid groups (broad SMARTS) is 1. The number of piperazine rings is 1. The van der Waals surface area contributed by atoms with Crippen molar-refractivity contribution in [2.75, 3.05) is 26.2 Å². The van der Waals surface area contributed by atoms with E-state index in [1.165, 1.54) is 4.90 Å². The van der Waals surface area contributed by atoms with Crippen LogP contribution in [0, 0.1) is 0 Å². The molecule has 154 valence electrons. The van der Waals surface area contributed by atoms with Gasteiger partial charge < -0.3 is 30.3 Å². The Morgan fingerprint density at radius 2 is 1.54 bits per heavy atom. The Labute approximate surface area is 164 Å². The molecule has 1 heterocycles. The first-order valence-corrected chi connectivity index (χ1v) is 9.19. The third kappa shape index (κ3) is 6.98. The molecule has 1 aromatic carbocycles. The van der Waals surface area contributed by atoms with E-state index in [1.807, 2.05) is 24.3 Å². The molecule has 4 amide bonds. The number of carbonyl (C=O) groups excluding carboxylic acids is 2. The molecule has 0 spiro atoms. The Bertz CT molecular complexity index is 709. The molecule has 9 heteroatoms. The van der Waals surface area contributed by atoms with Crippen molar-refractivity contribution < 1.29 is 24.2 Å². The molecule has 0 atom stereocenters. The van der Waals surface area contributed by atoms with Crippen LogP contribution in [0.15, 0.2) is 24.3 Å². The van der Waals surface area contributed by atoms with Crippen LogP contribution in [0.1, 0.15) is 31.9 Å². The van der Waals surface area contributed by atoms with E-state index in [2.05, 4.69) is 10.6 Å². The molecular formula is C19H28N4O5. The highest BCUT2D eigenvalue weighted by Gasteiger charge is 2.23. The molecule has 3 N–H and O–H groups in total. The molecule has 0 aliphatic carbocycles. The summed E-state index contributed by atoms with van der Waals surface area (Å²) in [4.78, 5) is 37.8. The summed E-state index contributed by atoms with van der Waals surface area (Å²) < 4.78 is 5.21. The molecular weight excluding hydrogens is 364 g/mol. The van der Waals surface area contributed by atoms with Gasteiger partial charge in [-0.2, -0.15) is 0 Å². The van der Waals surface area contributed by atoms with Crippen molar-refractivity contribution in [1.82, 2.24) is 20.4 Å². The van der Waals surface area contributed by atoms with Crippen LogP contribution in [0.2, 0.25) is 0 Å². The molecule has 0 bridgehead atoms. The number of nitrogens with one attached hydrogen (secondary N) is 2. The van der Waals surface area contributed by atoms with Gasteiger partial charge in [-0.15, -0.1) is 0 Å². The summed E-state index contributed by atoms with van der Waals surface area (Å²) >= 11 is 0. The summed E-state index contributed by atoms with van der Waals surface area (Å²) in [5.74, 6) is 0. The number of hydrogen-bond donors (Lipinski definition) is 3. The molecule has 1 aliphatic rings. The van der Waals surface area contributed by atoms with Crippen LogP contribution < -0.4 is 10.6 Å². The first-order chi connectivity index (χ1) is 13.1. The lowest BCUT2D eigenvalue weighted by molar-refractivity contribution is 0.0523.